The molecule has 0 bridgehead atoms. The van der Waals surface area contributed by atoms with E-state index in [9.17, 15) is 9.59 Å². The summed E-state index contributed by atoms with van der Waals surface area (Å²) in [6.45, 7) is 3.30. The van der Waals surface area contributed by atoms with Crippen LogP contribution in [0.4, 0.5) is 0 Å². The molecule has 2 fully saturated rings. The van der Waals surface area contributed by atoms with Crippen molar-refractivity contribution in [1.29, 1.82) is 0 Å². The predicted octanol–water partition coefficient (Wildman–Crippen LogP) is 1.27. The van der Waals surface area contributed by atoms with Crippen molar-refractivity contribution >= 4 is 11.6 Å². The average molecular weight is 194 g/mol. The number of fused-ring (bicyclic) bond motifs is 1. The van der Waals surface area contributed by atoms with Crippen LogP contribution in [-0.2, 0) is 14.3 Å². The second-order valence-electron chi connectivity index (χ2n) is 4.09. The minimum atomic E-state index is -0.455. The molecule has 2 rings (SSSR count). The van der Waals surface area contributed by atoms with Gasteiger partial charge in [-0.25, -0.2) is 0 Å². The van der Waals surface area contributed by atoms with Crippen molar-refractivity contribution in [2.75, 3.05) is 0 Å². The van der Waals surface area contributed by atoms with E-state index in [4.69, 9.17) is 4.74 Å². The molecule has 0 radical (unpaired) electrons. The molecule has 0 spiro atoms. The van der Waals surface area contributed by atoms with E-state index in [1.165, 1.54) is 0 Å². The maximum atomic E-state index is 11.3. The van der Waals surface area contributed by atoms with Gasteiger partial charge in [0.05, 0.1) is 12.2 Å². The fourth-order valence-electron chi connectivity index (χ4n) is 2.15. The van der Waals surface area contributed by atoms with Gasteiger partial charge in [-0.15, -0.1) is 0 Å². The molecule has 3 unspecified atom stereocenters. The van der Waals surface area contributed by atoms with Gasteiger partial charge < -0.3 is 4.74 Å². The lowest BCUT2D eigenvalue weighted by atomic mass is 9.85. The third kappa shape index (κ3) is 1.93. The highest BCUT2D eigenvalue weighted by atomic mass is 16.6. The van der Waals surface area contributed by atoms with Crippen molar-refractivity contribution < 1.29 is 14.3 Å². The molecule has 1 heterocycles. The van der Waals surface area contributed by atoms with E-state index < -0.39 is 5.78 Å². The summed E-state index contributed by atoms with van der Waals surface area (Å²) in [7, 11) is 0. The van der Waals surface area contributed by atoms with E-state index in [1.54, 1.807) is 0 Å². The van der Waals surface area contributed by atoms with Gasteiger partial charge >= 0.3 is 0 Å². The summed E-state index contributed by atoms with van der Waals surface area (Å²) in [5.41, 5.74) is 0. The number of rotatable bonds is 4. The molecule has 14 heavy (non-hydrogen) atoms. The van der Waals surface area contributed by atoms with E-state index in [1.807, 2.05) is 0 Å². The Hall–Kier alpha value is -0.960. The van der Waals surface area contributed by atoms with Crippen LogP contribution in [0.15, 0.2) is 12.7 Å². The van der Waals surface area contributed by atoms with Crippen LogP contribution in [0.5, 0.6) is 0 Å². The molecular formula is C11H14O3. The summed E-state index contributed by atoms with van der Waals surface area (Å²) in [5.74, 6) is -0.414. The minimum Gasteiger partial charge on any atom is -0.370 e. The molecule has 0 aromatic rings. The lowest BCUT2D eigenvalue weighted by Gasteiger charge is -2.16. The minimum absolute atomic E-state index is 0.302. The van der Waals surface area contributed by atoms with Gasteiger partial charge in [-0.3, -0.25) is 9.59 Å². The summed E-state index contributed by atoms with van der Waals surface area (Å²) in [5, 5.41) is 0. The SMILES string of the molecule is C=CC(=O)C(=O)CC1CCC2OC2C1. The highest BCUT2D eigenvalue weighted by molar-refractivity contribution is 6.41. The third-order valence-electron chi connectivity index (χ3n) is 3.05. The summed E-state index contributed by atoms with van der Waals surface area (Å²) in [4.78, 5) is 22.3. The van der Waals surface area contributed by atoms with Gasteiger partial charge in [0.2, 0.25) is 11.6 Å². The number of allylic oxidation sites excluding steroid dienone is 1. The second-order valence-corrected chi connectivity index (χ2v) is 4.09. The van der Waals surface area contributed by atoms with Crippen molar-refractivity contribution in [2.24, 2.45) is 5.92 Å². The zero-order valence-electron chi connectivity index (χ0n) is 8.07. The first-order valence-electron chi connectivity index (χ1n) is 5.05. The Labute approximate surface area is 83.1 Å². The summed E-state index contributed by atoms with van der Waals surface area (Å²) in [6.07, 6.45) is 5.30. The second kappa shape index (κ2) is 3.65. The number of ether oxygens (including phenoxy) is 1. The number of hydrogen-bond donors (Lipinski definition) is 0. The van der Waals surface area contributed by atoms with Gasteiger partial charge in [-0.1, -0.05) is 6.58 Å². The maximum Gasteiger partial charge on any atom is 0.220 e. The summed E-state index contributed by atoms with van der Waals surface area (Å²) < 4.78 is 5.36. The molecule has 0 amide bonds. The quantitative estimate of drug-likeness (QED) is 0.384. The number of carbonyl (C=O) groups excluding carboxylic acids is 2. The van der Waals surface area contributed by atoms with E-state index in [2.05, 4.69) is 6.58 Å². The zero-order chi connectivity index (χ0) is 10.1. The molecule has 1 aliphatic heterocycles. The first-order chi connectivity index (χ1) is 6.70. The average Bonchev–Trinajstić information content (AvgIpc) is 2.94. The van der Waals surface area contributed by atoms with Crippen molar-refractivity contribution in [3.8, 4) is 0 Å². The molecule has 1 aliphatic carbocycles. The lowest BCUT2D eigenvalue weighted by Crippen LogP contribution is -2.20. The first-order valence-corrected chi connectivity index (χ1v) is 5.05. The molecule has 3 heteroatoms. The van der Waals surface area contributed by atoms with Crippen LogP contribution in [0.2, 0.25) is 0 Å². The monoisotopic (exact) mass is 194 g/mol. The Morgan fingerprint density at radius 2 is 2.14 bits per heavy atom. The molecular weight excluding hydrogens is 180 g/mol. The Bertz CT molecular complexity index is 282. The normalized spacial score (nSPS) is 34.4. The Balaban J connectivity index is 1.82. The molecule has 0 aromatic carbocycles. The van der Waals surface area contributed by atoms with Gasteiger partial charge in [0.15, 0.2) is 0 Å². The van der Waals surface area contributed by atoms with Gasteiger partial charge in [0.1, 0.15) is 0 Å². The summed E-state index contributed by atoms with van der Waals surface area (Å²) >= 11 is 0. The number of Topliss-reactive ketones (excluding diaryl/α,β-unsaturated/α-hetero) is 1. The molecule has 76 valence electrons. The maximum absolute atomic E-state index is 11.3. The van der Waals surface area contributed by atoms with E-state index in [-0.39, 0.29) is 5.78 Å². The Morgan fingerprint density at radius 3 is 2.79 bits per heavy atom. The molecule has 1 saturated carbocycles. The van der Waals surface area contributed by atoms with Crippen LogP contribution in [0.3, 0.4) is 0 Å². The van der Waals surface area contributed by atoms with Crippen molar-refractivity contribution in [2.45, 2.75) is 37.9 Å². The molecule has 1 saturated heterocycles. The van der Waals surface area contributed by atoms with Crippen LogP contribution in [-0.4, -0.2) is 23.8 Å². The van der Waals surface area contributed by atoms with Crippen LogP contribution in [0.25, 0.3) is 0 Å². The third-order valence-corrected chi connectivity index (χ3v) is 3.05. The van der Waals surface area contributed by atoms with Crippen LogP contribution < -0.4 is 0 Å². The molecule has 2 aliphatic rings. The van der Waals surface area contributed by atoms with Gasteiger partial charge in [-0.2, -0.15) is 0 Å². The van der Waals surface area contributed by atoms with Crippen molar-refractivity contribution in [3.05, 3.63) is 12.7 Å². The van der Waals surface area contributed by atoms with E-state index in [0.29, 0.717) is 24.5 Å². The topological polar surface area (TPSA) is 46.7 Å². The Morgan fingerprint density at radius 1 is 1.36 bits per heavy atom. The smallest absolute Gasteiger partial charge is 0.220 e. The van der Waals surface area contributed by atoms with Crippen LogP contribution >= 0.6 is 0 Å². The van der Waals surface area contributed by atoms with E-state index >= 15 is 0 Å². The number of carbonyl (C=O) groups is 2. The van der Waals surface area contributed by atoms with E-state index in [0.717, 1.165) is 25.3 Å². The largest absolute Gasteiger partial charge is 0.370 e. The Kier molecular flexibility index (Phi) is 2.50. The highest BCUT2D eigenvalue weighted by Crippen LogP contribution is 2.40. The van der Waals surface area contributed by atoms with Gasteiger partial charge in [0.25, 0.3) is 0 Å². The van der Waals surface area contributed by atoms with Crippen LogP contribution in [0.1, 0.15) is 25.7 Å². The molecule has 3 nitrogen and oxygen atoms in total. The van der Waals surface area contributed by atoms with Gasteiger partial charge in [-0.05, 0) is 31.3 Å². The molecule has 3 atom stereocenters. The first kappa shape index (κ1) is 9.59. The molecule has 0 aromatic heterocycles. The zero-order valence-corrected chi connectivity index (χ0v) is 8.07. The fourth-order valence-corrected chi connectivity index (χ4v) is 2.15. The van der Waals surface area contributed by atoms with Crippen molar-refractivity contribution in [1.82, 2.24) is 0 Å². The highest BCUT2D eigenvalue weighted by Gasteiger charge is 2.44. The molecule has 0 N–H and O–H groups in total. The number of epoxide rings is 1. The van der Waals surface area contributed by atoms with Gasteiger partial charge in [0, 0.05) is 6.42 Å². The standard InChI is InChI=1S/C11H14O3/c1-2-8(12)9(13)5-7-3-4-10-11(6-7)14-10/h2,7,10-11H,1,3-6H2. The predicted molar refractivity (Wildman–Crippen MR) is 50.8 cm³/mol. The fraction of sp³-hybridized carbons (Fsp3) is 0.636. The number of ketones is 2. The van der Waals surface area contributed by atoms with Crippen LogP contribution in [0, 0.1) is 5.92 Å². The summed E-state index contributed by atoms with van der Waals surface area (Å²) in [6, 6.07) is 0. The van der Waals surface area contributed by atoms with Crippen molar-refractivity contribution in [3.63, 3.8) is 0 Å². The lowest BCUT2D eigenvalue weighted by molar-refractivity contribution is -0.134. The number of hydrogen-bond acceptors (Lipinski definition) is 3.